The number of carbonyl (C=O) groups excluding carboxylic acids is 1. The molecule has 1 aromatic carbocycles. The Kier molecular flexibility index (Phi) is 5.10. The number of hydrogen-bond acceptors (Lipinski definition) is 1. The van der Waals surface area contributed by atoms with Gasteiger partial charge in [0.15, 0.2) is 0 Å². The standard InChI is InChI=1S/C13H13BrFNO/c1-3-7-16(8-4-2)13(17)11-6-5-10(15)9-12(11)14/h3-6,9H,1-2,7-8H2. The van der Waals surface area contributed by atoms with Crippen LogP contribution in [0.15, 0.2) is 48.0 Å². The molecule has 0 spiro atoms. The monoisotopic (exact) mass is 297 g/mol. The molecule has 0 N–H and O–H groups in total. The molecule has 0 saturated carbocycles. The first kappa shape index (κ1) is 13.6. The van der Waals surface area contributed by atoms with Crippen LogP contribution in [0.25, 0.3) is 0 Å². The molecule has 0 aliphatic heterocycles. The minimum Gasteiger partial charge on any atom is -0.331 e. The highest BCUT2D eigenvalue weighted by Crippen LogP contribution is 2.19. The van der Waals surface area contributed by atoms with E-state index < -0.39 is 0 Å². The Bertz CT molecular complexity index is 435. The van der Waals surface area contributed by atoms with E-state index >= 15 is 0 Å². The molecular formula is C13H13BrFNO. The summed E-state index contributed by atoms with van der Waals surface area (Å²) in [4.78, 5) is 13.7. The highest BCUT2D eigenvalue weighted by molar-refractivity contribution is 9.10. The SMILES string of the molecule is C=CCN(CC=C)C(=O)c1ccc(F)cc1Br. The van der Waals surface area contributed by atoms with Gasteiger partial charge in [0.2, 0.25) is 0 Å². The van der Waals surface area contributed by atoms with Crippen LogP contribution in [0.4, 0.5) is 4.39 Å². The topological polar surface area (TPSA) is 20.3 Å². The molecule has 0 fully saturated rings. The third kappa shape index (κ3) is 3.53. The number of amides is 1. The van der Waals surface area contributed by atoms with Crippen molar-refractivity contribution >= 4 is 21.8 Å². The summed E-state index contributed by atoms with van der Waals surface area (Å²) < 4.78 is 13.4. The van der Waals surface area contributed by atoms with Crippen LogP contribution in [-0.4, -0.2) is 23.9 Å². The van der Waals surface area contributed by atoms with Gasteiger partial charge in [0, 0.05) is 17.6 Å². The summed E-state index contributed by atoms with van der Waals surface area (Å²) in [5.74, 6) is -0.566. The molecule has 1 amide bonds. The average Bonchev–Trinajstić information content (AvgIpc) is 2.28. The highest BCUT2D eigenvalue weighted by Gasteiger charge is 2.16. The second-order valence-electron chi connectivity index (χ2n) is 3.41. The first-order valence-corrected chi connectivity index (χ1v) is 5.85. The summed E-state index contributed by atoms with van der Waals surface area (Å²) in [6.45, 7) is 8.04. The summed E-state index contributed by atoms with van der Waals surface area (Å²) in [5.41, 5.74) is 0.426. The van der Waals surface area contributed by atoms with Gasteiger partial charge in [0.25, 0.3) is 5.91 Å². The summed E-state index contributed by atoms with van der Waals surface area (Å²) in [6, 6.07) is 3.99. The van der Waals surface area contributed by atoms with Crippen molar-refractivity contribution in [1.29, 1.82) is 0 Å². The molecule has 0 aliphatic carbocycles. The number of rotatable bonds is 5. The van der Waals surface area contributed by atoms with Crippen molar-refractivity contribution < 1.29 is 9.18 Å². The van der Waals surface area contributed by atoms with Crippen LogP contribution in [0.3, 0.4) is 0 Å². The molecule has 0 atom stereocenters. The van der Waals surface area contributed by atoms with Gasteiger partial charge in [-0.1, -0.05) is 12.2 Å². The summed E-state index contributed by atoms with van der Waals surface area (Å²) >= 11 is 3.18. The molecular weight excluding hydrogens is 285 g/mol. The van der Waals surface area contributed by atoms with Crippen molar-refractivity contribution in [1.82, 2.24) is 4.90 Å². The molecule has 1 rings (SSSR count). The van der Waals surface area contributed by atoms with Crippen LogP contribution < -0.4 is 0 Å². The molecule has 0 radical (unpaired) electrons. The number of carbonyl (C=O) groups is 1. The van der Waals surface area contributed by atoms with Gasteiger partial charge in [-0.05, 0) is 34.1 Å². The molecule has 0 bridgehead atoms. The molecule has 0 unspecified atom stereocenters. The largest absolute Gasteiger partial charge is 0.331 e. The lowest BCUT2D eigenvalue weighted by atomic mass is 10.2. The lowest BCUT2D eigenvalue weighted by Crippen LogP contribution is -2.31. The fourth-order valence-corrected chi connectivity index (χ4v) is 1.91. The van der Waals surface area contributed by atoms with Crippen LogP contribution >= 0.6 is 15.9 Å². The smallest absolute Gasteiger partial charge is 0.255 e. The fourth-order valence-electron chi connectivity index (χ4n) is 1.39. The fraction of sp³-hybridized carbons (Fsp3) is 0.154. The second kappa shape index (κ2) is 6.35. The summed E-state index contributed by atoms with van der Waals surface area (Å²) in [5, 5.41) is 0. The summed E-state index contributed by atoms with van der Waals surface area (Å²) in [7, 11) is 0. The maximum absolute atomic E-state index is 12.9. The normalized spacial score (nSPS) is 9.76. The quantitative estimate of drug-likeness (QED) is 0.763. The van der Waals surface area contributed by atoms with Gasteiger partial charge in [-0.25, -0.2) is 4.39 Å². The first-order valence-electron chi connectivity index (χ1n) is 5.06. The number of nitrogens with zero attached hydrogens (tertiary/aromatic N) is 1. The number of benzene rings is 1. The van der Waals surface area contributed by atoms with E-state index in [-0.39, 0.29) is 11.7 Å². The molecule has 90 valence electrons. The zero-order chi connectivity index (χ0) is 12.8. The summed E-state index contributed by atoms with van der Waals surface area (Å²) in [6.07, 6.45) is 3.28. The van der Waals surface area contributed by atoms with E-state index in [9.17, 15) is 9.18 Å². The Morgan fingerprint density at radius 2 is 1.94 bits per heavy atom. The van der Waals surface area contributed by atoms with E-state index in [0.717, 1.165) is 0 Å². The van der Waals surface area contributed by atoms with Crippen molar-refractivity contribution in [2.45, 2.75) is 0 Å². The van der Waals surface area contributed by atoms with Crippen molar-refractivity contribution in [3.05, 3.63) is 59.4 Å². The van der Waals surface area contributed by atoms with Gasteiger partial charge < -0.3 is 4.90 Å². The van der Waals surface area contributed by atoms with E-state index in [0.29, 0.717) is 23.1 Å². The Balaban J connectivity index is 2.99. The minimum atomic E-state index is -0.382. The van der Waals surface area contributed by atoms with Gasteiger partial charge >= 0.3 is 0 Å². The molecule has 0 aromatic heterocycles. The molecule has 1 aromatic rings. The second-order valence-corrected chi connectivity index (χ2v) is 4.27. The number of hydrogen-bond donors (Lipinski definition) is 0. The third-order valence-electron chi connectivity index (χ3n) is 2.15. The first-order chi connectivity index (χ1) is 8.10. The van der Waals surface area contributed by atoms with E-state index in [1.807, 2.05) is 0 Å². The van der Waals surface area contributed by atoms with Gasteiger partial charge in [-0.15, -0.1) is 13.2 Å². The molecule has 0 saturated heterocycles. The van der Waals surface area contributed by atoms with Gasteiger partial charge in [-0.2, -0.15) is 0 Å². The Morgan fingerprint density at radius 3 is 2.41 bits per heavy atom. The van der Waals surface area contributed by atoms with Crippen molar-refractivity contribution in [2.24, 2.45) is 0 Å². The van der Waals surface area contributed by atoms with Crippen LogP contribution in [0, 0.1) is 5.82 Å². The van der Waals surface area contributed by atoms with Gasteiger partial charge in [0.05, 0.1) is 5.56 Å². The molecule has 4 heteroatoms. The van der Waals surface area contributed by atoms with E-state index in [4.69, 9.17) is 0 Å². The Hall–Kier alpha value is -1.42. The van der Waals surface area contributed by atoms with Gasteiger partial charge in [-0.3, -0.25) is 4.79 Å². The predicted octanol–water partition coefficient (Wildman–Crippen LogP) is 3.40. The molecule has 0 aliphatic rings. The average molecular weight is 298 g/mol. The van der Waals surface area contributed by atoms with Crippen LogP contribution in [0.2, 0.25) is 0 Å². The highest BCUT2D eigenvalue weighted by atomic mass is 79.9. The predicted molar refractivity (Wildman–Crippen MR) is 70.4 cm³/mol. The Morgan fingerprint density at radius 1 is 1.35 bits per heavy atom. The van der Waals surface area contributed by atoms with Crippen molar-refractivity contribution in [3.8, 4) is 0 Å². The molecule has 17 heavy (non-hydrogen) atoms. The molecule has 2 nitrogen and oxygen atoms in total. The zero-order valence-electron chi connectivity index (χ0n) is 9.33. The van der Waals surface area contributed by atoms with Crippen LogP contribution in [0.5, 0.6) is 0 Å². The van der Waals surface area contributed by atoms with Crippen molar-refractivity contribution in [3.63, 3.8) is 0 Å². The zero-order valence-corrected chi connectivity index (χ0v) is 10.9. The Labute approximate surface area is 109 Å². The van der Waals surface area contributed by atoms with E-state index in [1.54, 1.807) is 17.1 Å². The minimum absolute atomic E-state index is 0.184. The molecule has 0 heterocycles. The third-order valence-corrected chi connectivity index (χ3v) is 2.80. The van der Waals surface area contributed by atoms with Crippen LogP contribution in [-0.2, 0) is 0 Å². The number of halogens is 2. The lowest BCUT2D eigenvalue weighted by molar-refractivity contribution is 0.0790. The lowest BCUT2D eigenvalue weighted by Gasteiger charge is -2.19. The maximum atomic E-state index is 12.9. The van der Waals surface area contributed by atoms with E-state index in [1.165, 1.54) is 18.2 Å². The van der Waals surface area contributed by atoms with Gasteiger partial charge in [0.1, 0.15) is 5.82 Å². The van der Waals surface area contributed by atoms with Crippen molar-refractivity contribution in [2.75, 3.05) is 13.1 Å². The van der Waals surface area contributed by atoms with E-state index in [2.05, 4.69) is 29.1 Å². The van der Waals surface area contributed by atoms with Crippen LogP contribution in [0.1, 0.15) is 10.4 Å². The maximum Gasteiger partial charge on any atom is 0.255 e.